The molecule has 0 amide bonds. The van der Waals surface area contributed by atoms with E-state index in [2.05, 4.69) is 10.5 Å². The Kier molecular flexibility index (Phi) is 34.7. The minimum atomic E-state index is -0.123. The Morgan fingerprint density at radius 3 is 1.82 bits per heavy atom. The Morgan fingerprint density at radius 2 is 1.73 bits per heavy atom. The summed E-state index contributed by atoms with van der Waals surface area (Å²) in [6.07, 6.45) is 1.41. The molecule has 3 nitrogen and oxygen atoms in total. The molecule has 2 N–H and O–H groups in total. The Balaban J connectivity index is -0.000000138. The third-order valence-corrected chi connectivity index (χ3v) is 0.682. The zero-order valence-electron chi connectivity index (χ0n) is 8.31. The highest BCUT2D eigenvalue weighted by molar-refractivity contribution is 5.68. The Bertz CT molecular complexity index is 65.1. The maximum Gasteiger partial charge on any atom is 0.305 e. The third-order valence-electron chi connectivity index (χ3n) is 0.682. The van der Waals surface area contributed by atoms with Gasteiger partial charge in [-0.05, 0) is 13.5 Å². The normalized spacial score (nSPS) is 6.36. The number of hydrogen-bond acceptors (Lipinski definition) is 3. The number of carbonyl (C=O) groups is 1. The highest BCUT2D eigenvalue weighted by Gasteiger charge is 1.92. The molecular weight excluding hydrogens is 142 g/mol. The summed E-state index contributed by atoms with van der Waals surface area (Å²) in [5.41, 5.74) is 4.50. The molecule has 3 heteroatoms. The lowest BCUT2D eigenvalue weighted by molar-refractivity contribution is -0.140. The molecule has 0 spiro atoms. The molecule has 0 rings (SSSR count). The van der Waals surface area contributed by atoms with Gasteiger partial charge in [0.05, 0.1) is 7.11 Å². The minimum Gasteiger partial charge on any atom is -0.469 e. The van der Waals surface area contributed by atoms with Crippen LogP contribution in [0.2, 0.25) is 0 Å². The average molecular weight is 163 g/mol. The minimum absolute atomic E-state index is 0.123. The van der Waals surface area contributed by atoms with E-state index in [0.29, 0.717) is 6.42 Å². The number of rotatable bonds is 2. The van der Waals surface area contributed by atoms with Crippen LogP contribution in [-0.2, 0) is 9.53 Å². The molecule has 0 fully saturated rings. The molecule has 70 valence electrons. The van der Waals surface area contributed by atoms with Crippen LogP contribution in [0, 0.1) is 0 Å². The monoisotopic (exact) mass is 163 g/mol. The lowest BCUT2D eigenvalue weighted by Crippen LogP contribution is -1.97. The van der Waals surface area contributed by atoms with E-state index in [1.54, 1.807) is 0 Å². The van der Waals surface area contributed by atoms with Gasteiger partial charge >= 0.3 is 5.97 Å². The first kappa shape index (κ1) is 16.8. The first-order valence-corrected chi connectivity index (χ1v) is 3.95. The zero-order valence-corrected chi connectivity index (χ0v) is 8.31. The molecule has 0 aliphatic heterocycles. The molecule has 0 aromatic rings. The van der Waals surface area contributed by atoms with Crippen molar-refractivity contribution < 1.29 is 9.53 Å². The molecular formula is C8H21NO2. The summed E-state index contributed by atoms with van der Waals surface area (Å²) in [5.74, 6) is -0.123. The quantitative estimate of drug-likeness (QED) is 0.628. The van der Waals surface area contributed by atoms with Gasteiger partial charge in [-0.3, -0.25) is 4.79 Å². The molecule has 0 radical (unpaired) electrons. The highest BCUT2D eigenvalue weighted by atomic mass is 16.5. The van der Waals surface area contributed by atoms with E-state index in [9.17, 15) is 4.79 Å². The van der Waals surface area contributed by atoms with E-state index < -0.39 is 0 Å². The van der Waals surface area contributed by atoms with Crippen LogP contribution in [0.5, 0.6) is 0 Å². The van der Waals surface area contributed by atoms with Gasteiger partial charge < -0.3 is 10.5 Å². The molecule has 0 aliphatic carbocycles. The molecule has 0 aromatic carbocycles. The summed E-state index contributed by atoms with van der Waals surface area (Å²) in [6.45, 7) is 5.94. The van der Waals surface area contributed by atoms with Crippen LogP contribution < -0.4 is 5.73 Å². The maximum atomic E-state index is 10.2. The molecule has 11 heavy (non-hydrogen) atoms. The van der Waals surface area contributed by atoms with E-state index in [1.807, 2.05) is 20.8 Å². The predicted molar refractivity (Wildman–Crippen MR) is 48.4 cm³/mol. The van der Waals surface area contributed by atoms with Gasteiger partial charge in [0.2, 0.25) is 0 Å². The van der Waals surface area contributed by atoms with E-state index in [4.69, 9.17) is 0 Å². The second-order valence-electron chi connectivity index (χ2n) is 1.33. The number of carbonyl (C=O) groups excluding carboxylic acids is 1. The fraction of sp³-hybridized carbons (Fsp3) is 0.875. The molecule has 0 unspecified atom stereocenters. The largest absolute Gasteiger partial charge is 0.469 e. The van der Waals surface area contributed by atoms with Crippen LogP contribution in [-0.4, -0.2) is 20.1 Å². The summed E-state index contributed by atoms with van der Waals surface area (Å²) in [5, 5.41) is 0. The van der Waals surface area contributed by atoms with Gasteiger partial charge in [0, 0.05) is 6.42 Å². The van der Waals surface area contributed by atoms with Crippen LogP contribution in [0.4, 0.5) is 0 Å². The van der Waals surface area contributed by atoms with Crippen molar-refractivity contribution in [3.05, 3.63) is 0 Å². The van der Waals surface area contributed by atoms with Gasteiger partial charge in [-0.1, -0.05) is 20.8 Å². The fourth-order valence-corrected chi connectivity index (χ4v) is 0.306. The summed E-state index contributed by atoms with van der Waals surface area (Å²) in [6, 6.07) is 0. The van der Waals surface area contributed by atoms with Crippen LogP contribution in [0.25, 0.3) is 0 Å². The molecule has 0 bridgehead atoms. The van der Waals surface area contributed by atoms with Crippen molar-refractivity contribution in [2.75, 3.05) is 14.2 Å². The summed E-state index contributed by atoms with van der Waals surface area (Å²) in [7, 11) is 2.90. The van der Waals surface area contributed by atoms with E-state index >= 15 is 0 Å². The second-order valence-corrected chi connectivity index (χ2v) is 1.33. The Labute approximate surface area is 69.9 Å². The van der Waals surface area contributed by atoms with Gasteiger partial charge in [0.1, 0.15) is 0 Å². The van der Waals surface area contributed by atoms with Crippen LogP contribution in [0.1, 0.15) is 33.6 Å². The van der Waals surface area contributed by atoms with Crippen molar-refractivity contribution in [1.29, 1.82) is 0 Å². The first-order valence-electron chi connectivity index (χ1n) is 3.95. The summed E-state index contributed by atoms with van der Waals surface area (Å²) >= 11 is 0. The van der Waals surface area contributed by atoms with Crippen molar-refractivity contribution in [3.8, 4) is 0 Å². The molecule has 0 heterocycles. The Hall–Kier alpha value is -0.570. The van der Waals surface area contributed by atoms with Crippen LogP contribution in [0.3, 0.4) is 0 Å². The second kappa shape index (κ2) is 22.7. The van der Waals surface area contributed by atoms with E-state index in [0.717, 1.165) is 6.42 Å². The predicted octanol–water partition coefficient (Wildman–Crippen LogP) is 1.56. The highest BCUT2D eigenvalue weighted by Crippen LogP contribution is 1.86. The lowest BCUT2D eigenvalue weighted by atomic mass is 10.3. The molecule has 0 saturated heterocycles. The maximum absolute atomic E-state index is 10.2. The van der Waals surface area contributed by atoms with Gasteiger partial charge in [0.25, 0.3) is 0 Å². The van der Waals surface area contributed by atoms with Crippen LogP contribution in [0.15, 0.2) is 0 Å². The summed E-state index contributed by atoms with van der Waals surface area (Å²) < 4.78 is 4.35. The molecule has 0 atom stereocenters. The zero-order chi connectivity index (χ0) is 9.70. The van der Waals surface area contributed by atoms with Gasteiger partial charge in [-0.15, -0.1) is 0 Å². The van der Waals surface area contributed by atoms with Gasteiger partial charge in [-0.25, -0.2) is 0 Å². The fourth-order valence-electron chi connectivity index (χ4n) is 0.306. The average Bonchev–Trinajstić information content (AvgIpc) is 2.12. The number of ether oxygens (including phenoxy) is 1. The smallest absolute Gasteiger partial charge is 0.305 e. The van der Waals surface area contributed by atoms with E-state index in [-0.39, 0.29) is 5.97 Å². The van der Waals surface area contributed by atoms with E-state index in [1.165, 1.54) is 14.2 Å². The van der Waals surface area contributed by atoms with Crippen molar-refractivity contribution >= 4 is 5.97 Å². The number of esters is 1. The topological polar surface area (TPSA) is 52.3 Å². The Morgan fingerprint density at radius 1 is 1.36 bits per heavy atom. The van der Waals surface area contributed by atoms with Crippen molar-refractivity contribution in [3.63, 3.8) is 0 Å². The van der Waals surface area contributed by atoms with Gasteiger partial charge in [0.15, 0.2) is 0 Å². The number of nitrogens with two attached hydrogens (primary N) is 1. The van der Waals surface area contributed by atoms with Crippen LogP contribution >= 0.6 is 0 Å². The molecule has 0 aromatic heterocycles. The SMILES string of the molecule is CC.CCCC(=O)OC.CN. The molecule has 0 aliphatic rings. The van der Waals surface area contributed by atoms with Gasteiger partial charge in [-0.2, -0.15) is 0 Å². The van der Waals surface area contributed by atoms with Crippen molar-refractivity contribution in [2.45, 2.75) is 33.6 Å². The molecule has 0 saturated carbocycles. The van der Waals surface area contributed by atoms with Crippen molar-refractivity contribution in [2.24, 2.45) is 5.73 Å². The summed E-state index contributed by atoms with van der Waals surface area (Å²) in [4.78, 5) is 10.2. The van der Waals surface area contributed by atoms with Crippen molar-refractivity contribution in [1.82, 2.24) is 0 Å². The number of hydrogen-bond donors (Lipinski definition) is 1. The standard InChI is InChI=1S/C5H10O2.C2H6.CH5N/c1-3-4-5(6)7-2;2*1-2/h3-4H2,1-2H3;1-2H3;2H2,1H3. The first-order chi connectivity index (χ1) is 5.31. The third kappa shape index (κ3) is 26.5. The number of methoxy groups -OCH3 is 1. The lowest BCUT2D eigenvalue weighted by Gasteiger charge is -1.91.